The molecule has 1 fully saturated rings. The third kappa shape index (κ3) is 1.97. The highest BCUT2D eigenvalue weighted by atomic mass is 15.0. The number of nitrogens with one attached hydrogen (secondary N) is 1. The Morgan fingerprint density at radius 2 is 1.89 bits per heavy atom. The van der Waals surface area contributed by atoms with Crippen molar-refractivity contribution in [2.75, 3.05) is 24.6 Å². The molecule has 5 heteroatoms. The molecule has 0 saturated carbocycles. The van der Waals surface area contributed by atoms with Crippen LogP contribution in [0.1, 0.15) is 24.6 Å². The smallest absolute Gasteiger partial charge is 0.135 e. The van der Waals surface area contributed by atoms with Crippen LogP contribution >= 0.6 is 0 Å². The van der Waals surface area contributed by atoms with Gasteiger partial charge in [0, 0.05) is 17.0 Å². The van der Waals surface area contributed by atoms with Crippen molar-refractivity contribution in [2.24, 2.45) is 0 Å². The summed E-state index contributed by atoms with van der Waals surface area (Å²) in [6.45, 7) is 2.03. The van der Waals surface area contributed by atoms with Gasteiger partial charge in [-0.3, -0.25) is 0 Å². The Bertz CT molecular complexity index is 575. The summed E-state index contributed by atoms with van der Waals surface area (Å²) in [5.41, 5.74) is 13.3. The number of anilines is 2. The number of hydrogen-bond donors (Lipinski definition) is 3. The third-order valence-electron chi connectivity index (χ3n) is 3.47. The van der Waals surface area contributed by atoms with Crippen LogP contribution in [-0.4, -0.2) is 23.1 Å². The molecule has 0 unspecified atom stereocenters. The van der Waals surface area contributed by atoms with E-state index in [1.807, 2.05) is 18.2 Å². The zero-order valence-corrected chi connectivity index (χ0v) is 10.2. The van der Waals surface area contributed by atoms with Gasteiger partial charge in [-0.15, -0.1) is 0 Å². The monoisotopic (exact) mass is 243 g/mol. The Labute approximate surface area is 106 Å². The molecule has 2 aromatic rings. The van der Waals surface area contributed by atoms with E-state index in [0.29, 0.717) is 17.4 Å². The van der Waals surface area contributed by atoms with Gasteiger partial charge in [-0.05, 0) is 44.1 Å². The fourth-order valence-corrected chi connectivity index (χ4v) is 2.45. The van der Waals surface area contributed by atoms with Gasteiger partial charge in [0.15, 0.2) is 0 Å². The summed E-state index contributed by atoms with van der Waals surface area (Å²) < 4.78 is 0. The van der Waals surface area contributed by atoms with Gasteiger partial charge in [0.25, 0.3) is 0 Å². The Hall–Kier alpha value is -1.88. The van der Waals surface area contributed by atoms with Gasteiger partial charge in [-0.25, -0.2) is 9.97 Å². The minimum absolute atomic E-state index is 0.402. The lowest BCUT2D eigenvalue weighted by molar-refractivity contribution is 0.446. The topological polar surface area (TPSA) is 89.9 Å². The quantitative estimate of drug-likeness (QED) is 0.656. The lowest BCUT2D eigenvalue weighted by atomic mass is 9.97. The van der Waals surface area contributed by atoms with Crippen LogP contribution in [0.2, 0.25) is 0 Å². The maximum Gasteiger partial charge on any atom is 0.135 e. The van der Waals surface area contributed by atoms with Crippen molar-refractivity contribution in [3.8, 4) is 0 Å². The number of aromatic nitrogens is 2. The Morgan fingerprint density at radius 3 is 2.67 bits per heavy atom. The summed E-state index contributed by atoms with van der Waals surface area (Å²) in [5, 5.41) is 4.22. The number of hydrogen-bond acceptors (Lipinski definition) is 5. The second kappa shape index (κ2) is 4.42. The molecule has 94 valence electrons. The van der Waals surface area contributed by atoms with E-state index in [1.54, 1.807) is 0 Å². The molecule has 0 bridgehead atoms. The van der Waals surface area contributed by atoms with E-state index < -0.39 is 0 Å². The van der Waals surface area contributed by atoms with Gasteiger partial charge < -0.3 is 16.8 Å². The standard InChI is InChI=1S/C13H17N5/c14-9-1-2-10-11(7-9)17-13(18-12(10)15)8-3-5-16-6-4-8/h1-2,7-8,16H,3-6,14H2,(H2,15,17,18). The van der Waals surface area contributed by atoms with Gasteiger partial charge in [-0.1, -0.05) is 0 Å². The predicted molar refractivity (Wildman–Crippen MR) is 73.2 cm³/mol. The van der Waals surface area contributed by atoms with Gasteiger partial charge in [0.05, 0.1) is 5.52 Å². The summed E-state index contributed by atoms with van der Waals surface area (Å²) >= 11 is 0. The van der Waals surface area contributed by atoms with Gasteiger partial charge in [-0.2, -0.15) is 0 Å². The minimum Gasteiger partial charge on any atom is -0.399 e. The summed E-state index contributed by atoms with van der Waals surface area (Å²) in [7, 11) is 0. The molecule has 5 nitrogen and oxygen atoms in total. The molecule has 1 aromatic carbocycles. The number of piperidine rings is 1. The lowest BCUT2D eigenvalue weighted by Crippen LogP contribution is -2.27. The van der Waals surface area contributed by atoms with E-state index in [-0.39, 0.29) is 0 Å². The van der Waals surface area contributed by atoms with E-state index in [1.165, 1.54) is 0 Å². The summed E-state index contributed by atoms with van der Waals surface area (Å²) in [6, 6.07) is 5.57. The van der Waals surface area contributed by atoms with Crippen molar-refractivity contribution in [3.05, 3.63) is 24.0 Å². The first kappa shape index (κ1) is 11.2. The maximum absolute atomic E-state index is 6.01. The van der Waals surface area contributed by atoms with Gasteiger partial charge in [0.1, 0.15) is 11.6 Å². The summed E-state index contributed by atoms with van der Waals surface area (Å²) in [5.74, 6) is 1.81. The Balaban J connectivity index is 2.07. The fourth-order valence-electron chi connectivity index (χ4n) is 2.45. The highest BCUT2D eigenvalue weighted by Crippen LogP contribution is 2.27. The Kier molecular flexibility index (Phi) is 2.76. The highest BCUT2D eigenvalue weighted by Gasteiger charge is 2.19. The molecular weight excluding hydrogens is 226 g/mol. The van der Waals surface area contributed by atoms with Crippen LogP contribution in [0.5, 0.6) is 0 Å². The number of nitrogens with two attached hydrogens (primary N) is 2. The van der Waals surface area contributed by atoms with E-state index in [0.717, 1.165) is 42.7 Å². The van der Waals surface area contributed by atoms with Crippen molar-refractivity contribution < 1.29 is 0 Å². The number of nitrogen functional groups attached to an aromatic ring is 2. The van der Waals surface area contributed by atoms with E-state index in [2.05, 4.69) is 15.3 Å². The largest absolute Gasteiger partial charge is 0.399 e. The number of rotatable bonds is 1. The van der Waals surface area contributed by atoms with E-state index in [4.69, 9.17) is 11.5 Å². The predicted octanol–water partition coefficient (Wildman–Crippen LogP) is 1.26. The van der Waals surface area contributed by atoms with Gasteiger partial charge in [0.2, 0.25) is 0 Å². The van der Waals surface area contributed by atoms with Crippen LogP contribution in [0, 0.1) is 0 Å². The fraction of sp³-hybridized carbons (Fsp3) is 0.385. The molecule has 5 N–H and O–H groups in total. The van der Waals surface area contributed by atoms with Crippen LogP contribution < -0.4 is 16.8 Å². The van der Waals surface area contributed by atoms with Crippen LogP contribution in [0.3, 0.4) is 0 Å². The number of nitrogens with zero attached hydrogens (tertiary/aromatic N) is 2. The normalized spacial score (nSPS) is 17.1. The van der Waals surface area contributed by atoms with E-state index >= 15 is 0 Å². The molecule has 2 heterocycles. The van der Waals surface area contributed by atoms with Crippen molar-refractivity contribution in [1.82, 2.24) is 15.3 Å². The molecule has 3 rings (SSSR count). The molecule has 1 aliphatic heterocycles. The van der Waals surface area contributed by atoms with Crippen LogP contribution in [0.4, 0.5) is 11.5 Å². The second-order valence-electron chi connectivity index (χ2n) is 4.77. The van der Waals surface area contributed by atoms with E-state index in [9.17, 15) is 0 Å². The molecule has 0 atom stereocenters. The average Bonchev–Trinajstić information content (AvgIpc) is 2.39. The highest BCUT2D eigenvalue weighted by molar-refractivity contribution is 5.89. The van der Waals surface area contributed by atoms with Crippen molar-refractivity contribution in [2.45, 2.75) is 18.8 Å². The minimum atomic E-state index is 0.402. The third-order valence-corrected chi connectivity index (χ3v) is 3.47. The van der Waals surface area contributed by atoms with Crippen LogP contribution in [0.15, 0.2) is 18.2 Å². The molecule has 0 amide bonds. The van der Waals surface area contributed by atoms with Crippen molar-refractivity contribution in [1.29, 1.82) is 0 Å². The molecule has 1 saturated heterocycles. The SMILES string of the molecule is Nc1ccc2c(N)nc(C3CCNCC3)nc2c1. The lowest BCUT2D eigenvalue weighted by Gasteiger charge is -2.21. The molecule has 0 spiro atoms. The molecule has 18 heavy (non-hydrogen) atoms. The first-order chi connectivity index (χ1) is 8.74. The molecule has 0 aliphatic carbocycles. The summed E-state index contributed by atoms with van der Waals surface area (Å²) in [4.78, 5) is 9.07. The molecule has 0 radical (unpaired) electrons. The van der Waals surface area contributed by atoms with Gasteiger partial charge >= 0.3 is 0 Å². The van der Waals surface area contributed by atoms with Crippen molar-refractivity contribution in [3.63, 3.8) is 0 Å². The average molecular weight is 243 g/mol. The van der Waals surface area contributed by atoms with Crippen LogP contribution in [-0.2, 0) is 0 Å². The zero-order valence-electron chi connectivity index (χ0n) is 10.2. The molecular formula is C13H17N5. The number of fused-ring (bicyclic) bond motifs is 1. The Morgan fingerprint density at radius 1 is 1.11 bits per heavy atom. The van der Waals surface area contributed by atoms with Crippen molar-refractivity contribution >= 4 is 22.4 Å². The first-order valence-corrected chi connectivity index (χ1v) is 6.27. The maximum atomic E-state index is 6.01. The molecule has 1 aromatic heterocycles. The first-order valence-electron chi connectivity index (χ1n) is 6.27. The zero-order chi connectivity index (χ0) is 12.5. The van der Waals surface area contributed by atoms with Crippen LogP contribution in [0.25, 0.3) is 10.9 Å². The summed E-state index contributed by atoms with van der Waals surface area (Å²) in [6.07, 6.45) is 2.13. The second-order valence-corrected chi connectivity index (χ2v) is 4.77. The molecule has 1 aliphatic rings. The number of benzene rings is 1.